The van der Waals surface area contributed by atoms with Crippen molar-refractivity contribution in [3.63, 3.8) is 0 Å². The minimum Gasteiger partial charge on any atom is -0.364 e. The van der Waals surface area contributed by atoms with E-state index >= 15 is 0 Å². The maximum absolute atomic E-state index is 5.11. The van der Waals surface area contributed by atoms with E-state index in [0.717, 1.165) is 36.8 Å². The van der Waals surface area contributed by atoms with Gasteiger partial charge in [-0.25, -0.2) is 4.98 Å². The number of pyridine rings is 1. The molecule has 2 aromatic heterocycles. The van der Waals surface area contributed by atoms with Crippen molar-refractivity contribution in [2.45, 2.75) is 81.3 Å². The van der Waals surface area contributed by atoms with E-state index < -0.39 is 0 Å². The fourth-order valence-electron chi connectivity index (χ4n) is 6.74. The van der Waals surface area contributed by atoms with Crippen LogP contribution in [0.4, 0.5) is 0 Å². The van der Waals surface area contributed by atoms with Gasteiger partial charge >= 0.3 is 0 Å². The number of aliphatic imine (C=N–C) groups is 1. The molecule has 1 unspecified atom stereocenters. The molecule has 0 bridgehead atoms. The summed E-state index contributed by atoms with van der Waals surface area (Å²) in [6, 6.07) is 12.4. The van der Waals surface area contributed by atoms with Crippen molar-refractivity contribution in [1.82, 2.24) is 30.9 Å². The number of hydrogen-bond donors (Lipinski definition) is 4. The molecular formula is C29H37N7. The van der Waals surface area contributed by atoms with Gasteiger partial charge in [0.05, 0.1) is 30.2 Å². The molecule has 4 N–H and O–H groups in total. The van der Waals surface area contributed by atoms with E-state index in [1.807, 2.05) is 0 Å². The summed E-state index contributed by atoms with van der Waals surface area (Å²) in [5.41, 5.74) is 5.00. The number of aromatic amines is 1. The van der Waals surface area contributed by atoms with Crippen molar-refractivity contribution in [1.29, 1.82) is 0 Å². The van der Waals surface area contributed by atoms with Crippen LogP contribution in [-0.4, -0.2) is 46.5 Å². The molecule has 7 heteroatoms. The summed E-state index contributed by atoms with van der Waals surface area (Å²) in [5, 5.41) is 12.0. The number of amidine groups is 1. The average molecular weight is 484 g/mol. The second kappa shape index (κ2) is 9.60. The highest BCUT2D eigenvalue weighted by Gasteiger charge is 2.29. The topological polar surface area (TPSA) is 90.0 Å². The summed E-state index contributed by atoms with van der Waals surface area (Å²) in [6.45, 7) is 3.03. The molecule has 1 aromatic carbocycles. The van der Waals surface area contributed by atoms with Gasteiger partial charge in [0.2, 0.25) is 0 Å². The molecule has 5 heterocycles. The molecule has 7 rings (SSSR count). The Morgan fingerprint density at radius 2 is 1.58 bits per heavy atom. The summed E-state index contributed by atoms with van der Waals surface area (Å²) in [6.07, 6.45) is 11.7. The maximum Gasteiger partial charge on any atom is 0.123 e. The van der Waals surface area contributed by atoms with E-state index in [9.17, 15) is 0 Å². The molecule has 2 saturated heterocycles. The first-order chi connectivity index (χ1) is 17.8. The van der Waals surface area contributed by atoms with Crippen LogP contribution in [0.3, 0.4) is 0 Å². The molecular weight excluding hydrogens is 446 g/mol. The monoisotopic (exact) mass is 483 g/mol. The van der Waals surface area contributed by atoms with Crippen molar-refractivity contribution < 1.29 is 0 Å². The Morgan fingerprint density at radius 3 is 2.39 bits per heavy atom. The zero-order valence-electron chi connectivity index (χ0n) is 21.0. The molecule has 3 fully saturated rings. The lowest BCUT2D eigenvalue weighted by molar-refractivity contribution is 0.387. The van der Waals surface area contributed by atoms with Gasteiger partial charge in [-0.1, -0.05) is 12.1 Å². The summed E-state index contributed by atoms with van der Waals surface area (Å²) < 4.78 is 0. The molecule has 188 valence electrons. The van der Waals surface area contributed by atoms with Gasteiger partial charge in [0.15, 0.2) is 0 Å². The van der Waals surface area contributed by atoms with Gasteiger partial charge in [-0.2, -0.15) is 0 Å². The van der Waals surface area contributed by atoms with E-state index in [1.54, 1.807) is 0 Å². The van der Waals surface area contributed by atoms with Gasteiger partial charge < -0.3 is 20.9 Å². The zero-order valence-corrected chi connectivity index (χ0v) is 21.0. The minimum atomic E-state index is 0.272. The second-order valence-electron chi connectivity index (χ2n) is 11.2. The number of hydrogen-bond acceptors (Lipinski definition) is 6. The van der Waals surface area contributed by atoms with Crippen molar-refractivity contribution >= 4 is 16.7 Å². The molecule has 36 heavy (non-hydrogen) atoms. The molecule has 3 atom stereocenters. The second-order valence-corrected chi connectivity index (χ2v) is 11.2. The fourth-order valence-corrected chi connectivity index (χ4v) is 6.74. The summed E-state index contributed by atoms with van der Waals surface area (Å²) >= 11 is 0. The summed E-state index contributed by atoms with van der Waals surface area (Å²) in [4.78, 5) is 18.3. The van der Waals surface area contributed by atoms with Gasteiger partial charge in [0, 0.05) is 34.8 Å². The standard InChI is InChI=1S/C29H37N7/c1-3-24(30-13-1)28-32-16-26(35-28)19-7-5-18(6-8-19)22-11-9-20-15-21(10-12-23(20)34-22)27-17-33-29(36-27)25-4-2-14-31-25/h9-12,15-16,18-19,24-25,27,30-31H,1-8,13-14,17H2,(H,32,35)(H,33,36)/t18?,19?,24-,25-,27?/m0/s1. The number of fused-ring (bicyclic) bond motifs is 1. The third kappa shape index (κ3) is 4.33. The Bertz CT molecular complexity index is 1240. The SMILES string of the molecule is c1cc2nc(C3CCC(c4cnc([C@@H]5CCCN5)[nH]4)CC3)ccc2cc1C1CN=C([C@@H]2CCCN2)N1. The average Bonchev–Trinajstić information content (AvgIpc) is 3.75. The summed E-state index contributed by atoms with van der Waals surface area (Å²) in [5.74, 6) is 3.42. The van der Waals surface area contributed by atoms with Gasteiger partial charge in [-0.15, -0.1) is 0 Å². The van der Waals surface area contributed by atoms with Gasteiger partial charge in [0.1, 0.15) is 11.7 Å². The normalized spacial score (nSPS) is 30.6. The third-order valence-electron chi connectivity index (χ3n) is 8.88. The van der Waals surface area contributed by atoms with Crippen LogP contribution in [0.15, 0.2) is 41.5 Å². The van der Waals surface area contributed by atoms with Crippen molar-refractivity contribution in [2.75, 3.05) is 19.6 Å². The Kier molecular flexibility index (Phi) is 5.98. The molecule has 3 aliphatic heterocycles. The fraction of sp³-hybridized carbons (Fsp3) is 0.552. The van der Waals surface area contributed by atoms with Gasteiger partial charge in [0.25, 0.3) is 0 Å². The van der Waals surface area contributed by atoms with Crippen molar-refractivity contribution in [2.24, 2.45) is 4.99 Å². The van der Waals surface area contributed by atoms with Crippen LogP contribution in [0.25, 0.3) is 10.9 Å². The molecule has 0 spiro atoms. The smallest absolute Gasteiger partial charge is 0.123 e. The Balaban J connectivity index is 0.991. The Labute approximate surface area is 213 Å². The Hall–Kier alpha value is -2.77. The molecule has 7 nitrogen and oxygen atoms in total. The lowest BCUT2D eigenvalue weighted by atomic mass is 9.79. The number of nitrogens with zero attached hydrogens (tertiary/aromatic N) is 3. The van der Waals surface area contributed by atoms with E-state index in [1.165, 1.54) is 73.7 Å². The molecule has 4 aliphatic rings. The number of H-pyrrole nitrogens is 1. The maximum atomic E-state index is 5.11. The first-order valence-electron chi connectivity index (χ1n) is 14.0. The van der Waals surface area contributed by atoms with Crippen LogP contribution < -0.4 is 16.0 Å². The predicted molar refractivity (Wildman–Crippen MR) is 143 cm³/mol. The molecule has 0 radical (unpaired) electrons. The first-order valence-corrected chi connectivity index (χ1v) is 14.0. The lowest BCUT2D eigenvalue weighted by Gasteiger charge is -2.27. The number of imidazole rings is 1. The van der Waals surface area contributed by atoms with E-state index in [2.05, 4.69) is 57.5 Å². The minimum absolute atomic E-state index is 0.272. The highest BCUT2D eigenvalue weighted by atomic mass is 15.2. The van der Waals surface area contributed by atoms with Crippen LogP contribution in [0, 0.1) is 0 Å². The van der Waals surface area contributed by atoms with Crippen molar-refractivity contribution in [3.05, 3.63) is 59.3 Å². The van der Waals surface area contributed by atoms with E-state index in [-0.39, 0.29) is 6.04 Å². The molecule has 1 aliphatic carbocycles. The molecule has 1 saturated carbocycles. The first kappa shape index (κ1) is 22.4. The van der Waals surface area contributed by atoms with E-state index in [4.69, 9.17) is 15.0 Å². The summed E-state index contributed by atoms with van der Waals surface area (Å²) in [7, 11) is 0. The highest BCUT2D eigenvalue weighted by Crippen LogP contribution is 2.40. The lowest BCUT2D eigenvalue weighted by Crippen LogP contribution is -2.38. The van der Waals surface area contributed by atoms with Crippen LogP contribution in [0.5, 0.6) is 0 Å². The number of nitrogens with one attached hydrogen (secondary N) is 4. The number of benzene rings is 1. The molecule has 3 aromatic rings. The molecule has 0 amide bonds. The van der Waals surface area contributed by atoms with E-state index in [0.29, 0.717) is 23.9 Å². The third-order valence-corrected chi connectivity index (χ3v) is 8.88. The largest absolute Gasteiger partial charge is 0.364 e. The van der Waals surface area contributed by atoms with Crippen molar-refractivity contribution in [3.8, 4) is 0 Å². The quantitative estimate of drug-likeness (QED) is 0.425. The Morgan fingerprint density at radius 1 is 0.778 bits per heavy atom. The van der Waals surface area contributed by atoms with Crippen LogP contribution in [0.2, 0.25) is 0 Å². The predicted octanol–water partition coefficient (Wildman–Crippen LogP) is 4.62. The highest BCUT2D eigenvalue weighted by molar-refractivity contribution is 5.90. The van der Waals surface area contributed by atoms with Crippen LogP contribution in [-0.2, 0) is 0 Å². The van der Waals surface area contributed by atoms with Crippen LogP contribution in [0.1, 0.15) is 98.1 Å². The number of aromatic nitrogens is 3. The van der Waals surface area contributed by atoms with Gasteiger partial charge in [-0.05, 0) is 88.2 Å². The number of rotatable bonds is 5. The zero-order chi connectivity index (χ0) is 23.9. The van der Waals surface area contributed by atoms with Crippen LogP contribution >= 0.6 is 0 Å². The van der Waals surface area contributed by atoms with Gasteiger partial charge in [-0.3, -0.25) is 9.98 Å².